The fraction of sp³-hybridized carbons (Fsp3) is 0.0244. The molecule has 11 nitrogen and oxygen atoms in total. The van der Waals surface area contributed by atoms with Crippen molar-refractivity contribution < 1.29 is 34.4 Å². The number of carbonyl (C=O) groups excluding carboxylic acids is 1. The predicted octanol–water partition coefficient (Wildman–Crippen LogP) is 8.02. The Morgan fingerprint density at radius 2 is 1.08 bits per heavy atom. The summed E-state index contributed by atoms with van der Waals surface area (Å²) in [5.74, 6) is -1.38. The van der Waals surface area contributed by atoms with Crippen molar-refractivity contribution in [3.05, 3.63) is 154 Å². The summed E-state index contributed by atoms with van der Waals surface area (Å²) in [6.07, 6.45) is 8.05. The summed E-state index contributed by atoms with van der Waals surface area (Å²) in [5, 5.41) is 29.2. The number of benzene rings is 3. The molecule has 52 heavy (non-hydrogen) atoms. The highest BCUT2D eigenvalue weighted by Gasteiger charge is 2.54. The van der Waals surface area contributed by atoms with E-state index in [1.165, 1.54) is 42.5 Å². The summed E-state index contributed by atoms with van der Waals surface area (Å²) < 4.78 is 11.7. The standard InChI is InChI=1S/C21H12O7.C20H14N4/c22-11-2-5-14-17(8-11)27-18-9-12(23)3-6-15(18)21(14)16-7-10(19(24)25)1-4-13(16)20(26)28-21;1-2-14-10-16-5-6-18(23-16)12-20-8-7-19(24-20)11-17-4-3-15(22-17)9-13(1)21-14/h1-9,22-23H,(H,24,25);1-12,21-22H. The summed E-state index contributed by atoms with van der Waals surface area (Å²) in [6, 6.07) is 29.3. The van der Waals surface area contributed by atoms with Gasteiger partial charge in [-0.05, 0) is 115 Å². The van der Waals surface area contributed by atoms with E-state index >= 15 is 0 Å². The van der Waals surface area contributed by atoms with Gasteiger partial charge in [-0.15, -0.1) is 0 Å². The van der Waals surface area contributed by atoms with Crippen LogP contribution in [0, 0.1) is 0 Å². The first-order valence-electron chi connectivity index (χ1n) is 16.2. The van der Waals surface area contributed by atoms with E-state index in [2.05, 4.69) is 50.3 Å². The Bertz CT molecular complexity index is 2600. The van der Waals surface area contributed by atoms with Crippen molar-refractivity contribution >= 4 is 58.3 Å². The quantitative estimate of drug-likeness (QED) is 0.107. The number of rotatable bonds is 1. The van der Waals surface area contributed by atoms with E-state index in [0.29, 0.717) is 16.7 Å². The molecule has 0 saturated carbocycles. The van der Waals surface area contributed by atoms with Gasteiger partial charge in [0.2, 0.25) is 0 Å². The highest BCUT2D eigenvalue weighted by molar-refractivity contribution is 5.99. The number of carboxylic acids is 1. The Hall–Kier alpha value is -7.40. The minimum absolute atomic E-state index is 0.00331. The van der Waals surface area contributed by atoms with Gasteiger partial charge in [0, 0.05) is 50.9 Å². The number of carbonyl (C=O) groups is 2. The lowest BCUT2D eigenvalue weighted by Crippen LogP contribution is -2.33. The number of aromatic hydroxyl groups is 2. The van der Waals surface area contributed by atoms with Crippen molar-refractivity contribution in [1.29, 1.82) is 0 Å². The van der Waals surface area contributed by atoms with Gasteiger partial charge in [-0.3, -0.25) is 0 Å². The van der Waals surface area contributed by atoms with E-state index in [-0.39, 0.29) is 34.1 Å². The van der Waals surface area contributed by atoms with Crippen molar-refractivity contribution in [2.75, 3.05) is 0 Å². The number of phenolic OH excluding ortho intramolecular Hbond substituents is 2. The van der Waals surface area contributed by atoms with E-state index in [1.54, 1.807) is 12.1 Å². The Labute approximate surface area is 294 Å². The molecule has 3 aromatic carbocycles. The fourth-order valence-corrected chi connectivity index (χ4v) is 6.78. The normalized spacial score (nSPS) is 14.0. The van der Waals surface area contributed by atoms with Crippen molar-refractivity contribution in [1.82, 2.24) is 19.9 Å². The molecule has 4 aliphatic rings. The van der Waals surface area contributed by atoms with Gasteiger partial charge in [0.05, 0.1) is 33.9 Å². The molecule has 1 spiro atoms. The molecule has 0 fully saturated rings. The average molecular weight is 687 g/mol. The van der Waals surface area contributed by atoms with E-state index < -0.39 is 17.5 Å². The SMILES string of the molecule is C1=Cc2cc3ccc(cc4ccc(cc5nc(cc1n2)C=C5)[nH]4)[nH]3.O=C(O)c1ccc2c(c1)C1(OC2=O)c2ccc(O)cc2Oc2cc(O)ccc21. The smallest absolute Gasteiger partial charge is 0.340 e. The minimum Gasteiger partial charge on any atom is -0.508 e. The molecule has 0 radical (unpaired) electrons. The summed E-state index contributed by atoms with van der Waals surface area (Å²) >= 11 is 0. The number of aromatic carboxylic acids is 1. The van der Waals surface area contributed by atoms with Crippen molar-refractivity contribution in [3.63, 3.8) is 0 Å². The molecular formula is C41H26N4O7. The lowest BCUT2D eigenvalue weighted by molar-refractivity contribution is 0.0224. The Morgan fingerprint density at radius 3 is 1.60 bits per heavy atom. The molecule has 8 bridgehead atoms. The van der Waals surface area contributed by atoms with Crippen LogP contribution in [0.15, 0.2) is 103 Å². The number of ether oxygens (including phenoxy) is 2. The lowest BCUT2D eigenvalue weighted by atomic mass is 9.77. The fourth-order valence-electron chi connectivity index (χ4n) is 6.78. The third-order valence-corrected chi connectivity index (χ3v) is 9.06. The number of fused-ring (bicyclic) bond motifs is 14. The zero-order valence-corrected chi connectivity index (χ0v) is 27.0. The van der Waals surface area contributed by atoms with E-state index in [9.17, 15) is 24.9 Å². The highest BCUT2D eigenvalue weighted by Crippen LogP contribution is 2.57. The number of esters is 1. The van der Waals surface area contributed by atoms with E-state index in [1.807, 2.05) is 42.5 Å². The maximum atomic E-state index is 12.7. The second-order valence-corrected chi connectivity index (χ2v) is 12.5. The van der Waals surface area contributed by atoms with Crippen molar-refractivity contribution in [2.24, 2.45) is 0 Å². The van der Waals surface area contributed by atoms with Crippen LogP contribution in [0.2, 0.25) is 0 Å². The molecule has 252 valence electrons. The first-order valence-corrected chi connectivity index (χ1v) is 16.2. The van der Waals surface area contributed by atoms with Crippen molar-refractivity contribution in [3.8, 4) is 23.0 Å². The average Bonchev–Trinajstić information content (AvgIpc) is 3.97. The van der Waals surface area contributed by atoms with Gasteiger partial charge in [0.15, 0.2) is 5.60 Å². The van der Waals surface area contributed by atoms with E-state index in [0.717, 1.165) is 44.8 Å². The number of carboxylic acid groups (broad SMARTS) is 1. The molecule has 0 atom stereocenters. The largest absolute Gasteiger partial charge is 0.508 e. The second-order valence-electron chi connectivity index (χ2n) is 12.5. The molecule has 0 saturated heterocycles. The topological polar surface area (TPSA) is 171 Å². The van der Waals surface area contributed by atoms with Crippen LogP contribution in [-0.4, -0.2) is 47.2 Å². The van der Waals surface area contributed by atoms with Crippen LogP contribution in [-0.2, 0) is 10.3 Å². The van der Waals surface area contributed by atoms with Crippen molar-refractivity contribution in [2.45, 2.75) is 5.60 Å². The summed E-state index contributed by atoms with van der Waals surface area (Å²) in [6.45, 7) is 0. The lowest BCUT2D eigenvalue weighted by Gasteiger charge is -2.36. The maximum Gasteiger partial charge on any atom is 0.340 e. The summed E-state index contributed by atoms with van der Waals surface area (Å²) in [4.78, 5) is 40.2. The number of aromatic amines is 2. The van der Waals surface area contributed by atoms with Crippen LogP contribution >= 0.6 is 0 Å². The van der Waals surface area contributed by atoms with Gasteiger partial charge in [-0.1, -0.05) is 0 Å². The number of hydrogen-bond donors (Lipinski definition) is 5. The summed E-state index contributed by atoms with van der Waals surface area (Å²) in [7, 11) is 0. The molecule has 0 aliphatic carbocycles. The molecule has 7 heterocycles. The molecule has 5 N–H and O–H groups in total. The molecular weight excluding hydrogens is 660 g/mol. The third-order valence-electron chi connectivity index (χ3n) is 9.06. The van der Waals surface area contributed by atoms with Crippen LogP contribution in [0.25, 0.3) is 46.4 Å². The molecule has 0 unspecified atom stereocenters. The zero-order chi connectivity index (χ0) is 35.6. The number of hydrogen-bond acceptors (Lipinski definition) is 8. The Balaban J connectivity index is 0.000000140. The molecule has 10 rings (SSSR count). The number of H-pyrrole nitrogens is 2. The molecule has 6 aromatic rings. The number of nitrogens with zero attached hydrogens (tertiary/aromatic N) is 2. The maximum absolute atomic E-state index is 12.7. The van der Waals surface area contributed by atoms with Gasteiger partial charge in [0.25, 0.3) is 0 Å². The highest BCUT2D eigenvalue weighted by atomic mass is 16.6. The van der Waals surface area contributed by atoms with Gasteiger partial charge in [-0.25, -0.2) is 19.6 Å². The van der Waals surface area contributed by atoms with Crippen LogP contribution in [0.5, 0.6) is 23.0 Å². The summed E-state index contributed by atoms with van der Waals surface area (Å²) in [5.41, 5.74) is 7.89. The second kappa shape index (κ2) is 11.6. The van der Waals surface area contributed by atoms with Gasteiger partial charge in [-0.2, -0.15) is 0 Å². The van der Waals surface area contributed by atoms with Gasteiger partial charge in [0.1, 0.15) is 23.0 Å². The molecule has 4 aliphatic heterocycles. The van der Waals surface area contributed by atoms with Gasteiger partial charge < -0.3 is 34.8 Å². The third kappa shape index (κ3) is 5.24. The number of nitrogens with one attached hydrogen (secondary N) is 2. The van der Waals surface area contributed by atoms with Crippen LogP contribution < -0.4 is 4.74 Å². The molecule has 3 aromatic heterocycles. The van der Waals surface area contributed by atoms with Crippen LogP contribution in [0.4, 0.5) is 0 Å². The minimum atomic E-state index is -1.46. The first kappa shape index (κ1) is 30.6. The molecule has 0 amide bonds. The Morgan fingerprint density at radius 1 is 0.577 bits per heavy atom. The van der Waals surface area contributed by atoms with Crippen LogP contribution in [0.1, 0.15) is 60.2 Å². The number of aromatic nitrogens is 4. The molecule has 11 heteroatoms. The van der Waals surface area contributed by atoms with Crippen LogP contribution in [0.3, 0.4) is 0 Å². The predicted molar refractivity (Wildman–Crippen MR) is 194 cm³/mol. The van der Waals surface area contributed by atoms with E-state index in [4.69, 9.17) is 9.47 Å². The van der Waals surface area contributed by atoms with Gasteiger partial charge >= 0.3 is 11.9 Å². The zero-order valence-electron chi connectivity index (χ0n) is 27.0. The number of phenols is 2. The monoisotopic (exact) mass is 686 g/mol. The first-order chi connectivity index (χ1) is 25.2. The Kier molecular flexibility index (Phi) is 6.83.